The minimum Gasteiger partial charge on any atom is -0.241 e. The fourth-order valence-corrected chi connectivity index (χ4v) is 2.16. The van der Waals surface area contributed by atoms with Crippen molar-refractivity contribution in [3.8, 4) is 0 Å². The van der Waals surface area contributed by atoms with Crippen molar-refractivity contribution in [3.63, 3.8) is 0 Å². The number of halogens is 4. The average molecular weight is 262 g/mol. The molecule has 90 valence electrons. The van der Waals surface area contributed by atoms with Gasteiger partial charge < -0.3 is 0 Å². The molecular formula is C10H7ClF3N3. The van der Waals surface area contributed by atoms with Crippen LogP contribution >= 0.6 is 11.6 Å². The van der Waals surface area contributed by atoms with Gasteiger partial charge in [-0.3, -0.25) is 0 Å². The smallest absolute Gasteiger partial charge is 0.241 e. The molecule has 0 unspecified atom stereocenters. The SMILES string of the molecule is Fc1nn(C2CC(F)(F)C2)c2nc(Cl)ccc12. The van der Waals surface area contributed by atoms with Crippen molar-refractivity contribution in [2.75, 3.05) is 0 Å². The summed E-state index contributed by atoms with van der Waals surface area (Å²) in [6.07, 6.45) is -0.672. The van der Waals surface area contributed by atoms with Crippen molar-refractivity contribution in [1.29, 1.82) is 0 Å². The third kappa shape index (κ3) is 1.67. The van der Waals surface area contributed by atoms with Gasteiger partial charge in [0.05, 0.1) is 11.4 Å². The van der Waals surface area contributed by atoms with Gasteiger partial charge in [0.15, 0.2) is 5.65 Å². The van der Waals surface area contributed by atoms with Gasteiger partial charge in [0, 0.05) is 12.8 Å². The summed E-state index contributed by atoms with van der Waals surface area (Å²) in [4.78, 5) is 3.93. The molecule has 3 nitrogen and oxygen atoms in total. The predicted octanol–water partition coefficient (Wildman–Crippen LogP) is 3.19. The van der Waals surface area contributed by atoms with Crippen molar-refractivity contribution >= 4 is 22.6 Å². The Morgan fingerprint density at radius 3 is 2.71 bits per heavy atom. The Labute approximate surface area is 99.2 Å². The molecule has 2 heterocycles. The van der Waals surface area contributed by atoms with E-state index >= 15 is 0 Å². The topological polar surface area (TPSA) is 30.7 Å². The van der Waals surface area contributed by atoms with E-state index in [4.69, 9.17) is 11.6 Å². The molecule has 0 aromatic carbocycles. The fourth-order valence-electron chi connectivity index (χ4n) is 2.01. The molecule has 1 aliphatic rings. The zero-order valence-corrected chi connectivity index (χ0v) is 9.26. The number of alkyl halides is 2. The average Bonchev–Trinajstić information content (AvgIpc) is 2.52. The molecule has 1 saturated carbocycles. The van der Waals surface area contributed by atoms with E-state index < -0.39 is 17.9 Å². The Morgan fingerprint density at radius 1 is 1.35 bits per heavy atom. The molecule has 17 heavy (non-hydrogen) atoms. The number of nitrogens with zero attached hydrogens (tertiary/aromatic N) is 3. The third-order valence-electron chi connectivity index (χ3n) is 2.89. The lowest BCUT2D eigenvalue weighted by atomic mass is 9.88. The van der Waals surface area contributed by atoms with Gasteiger partial charge in [-0.05, 0) is 12.1 Å². The van der Waals surface area contributed by atoms with Gasteiger partial charge in [0.1, 0.15) is 5.15 Å². The molecule has 1 fully saturated rings. The molecule has 0 amide bonds. The standard InChI is InChI=1S/C10H7ClF3N3/c11-7-2-1-6-8(12)16-17(9(6)15-7)5-3-10(13,14)4-5/h1-2,5H,3-4H2. The predicted molar refractivity (Wildman–Crippen MR) is 55.7 cm³/mol. The summed E-state index contributed by atoms with van der Waals surface area (Å²) in [6.45, 7) is 0. The van der Waals surface area contributed by atoms with E-state index in [0.717, 1.165) is 0 Å². The molecule has 2 aromatic rings. The maximum atomic E-state index is 13.4. The molecule has 0 atom stereocenters. The number of rotatable bonds is 1. The number of pyridine rings is 1. The Bertz CT molecular complexity index is 588. The second-order valence-corrected chi connectivity index (χ2v) is 4.55. The van der Waals surface area contributed by atoms with Gasteiger partial charge >= 0.3 is 0 Å². The molecule has 0 radical (unpaired) electrons. The van der Waals surface area contributed by atoms with Crippen LogP contribution in [0.4, 0.5) is 13.2 Å². The van der Waals surface area contributed by atoms with Crippen LogP contribution in [0.1, 0.15) is 18.9 Å². The summed E-state index contributed by atoms with van der Waals surface area (Å²) in [5, 5.41) is 4.00. The van der Waals surface area contributed by atoms with E-state index in [9.17, 15) is 13.2 Å². The van der Waals surface area contributed by atoms with Gasteiger partial charge in [-0.2, -0.15) is 4.39 Å². The fraction of sp³-hybridized carbons (Fsp3) is 0.400. The van der Waals surface area contributed by atoms with Crippen LogP contribution in [0.2, 0.25) is 5.15 Å². The molecule has 7 heteroatoms. The summed E-state index contributed by atoms with van der Waals surface area (Å²) in [7, 11) is 0. The highest BCUT2D eigenvalue weighted by Crippen LogP contribution is 2.46. The van der Waals surface area contributed by atoms with E-state index in [1.54, 1.807) is 0 Å². The highest BCUT2D eigenvalue weighted by molar-refractivity contribution is 6.29. The van der Waals surface area contributed by atoms with Crippen molar-refractivity contribution < 1.29 is 13.2 Å². The second-order valence-electron chi connectivity index (χ2n) is 4.16. The molecule has 3 rings (SSSR count). The first-order valence-corrected chi connectivity index (χ1v) is 5.42. The van der Waals surface area contributed by atoms with Crippen LogP contribution in [-0.2, 0) is 0 Å². The first-order chi connectivity index (χ1) is 7.96. The summed E-state index contributed by atoms with van der Waals surface area (Å²) < 4.78 is 40.2. The lowest BCUT2D eigenvalue weighted by Gasteiger charge is -2.34. The molecule has 0 N–H and O–H groups in total. The van der Waals surface area contributed by atoms with Crippen LogP contribution in [-0.4, -0.2) is 20.7 Å². The monoisotopic (exact) mass is 261 g/mol. The first-order valence-electron chi connectivity index (χ1n) is 5.04. The number of hydrogen-bond acceptors (Lipinski definition) is 2. The van der Waals surface area contributed by atoms with Crippen LogP contribution in [0.15, 0.2) is 12.1 Å². The first kappa shape index (κ1) is 10.8. The quantitative estimate of drug-likeness (QED) is 0.738. The van der Waals surface area contributed by atoms with E-state index in [1.807, 2.05) is 0 Å². The van der Waals surface area contributed by atoms with Gasteiger partial charge in [0.2, 0.25) is 5.95 Å². The van der Waals surface area contributed by atoms with Crippen LogP contribution in [0.5, 0.6) is 0 Å². The zero-order valence-electron chi connectivity index (χ0n) is 8.50. The normalized spacial score (nSPS) is 19.5. The lowest BCUT2D eigenvalue weighted by Crippen LogP contribution is -2.37. The largest absolute Gasteiger partial charge is 0.252 e. The van der Waals surface area contributed by atoms with E-state index in [1.165, 1.54) is 16.8 Å². The van der Waals surface area contributed by atoms with Crippen LogP contribution in [0.25, 0.3) is 11.0 Å². The summed E-state index contributed by atoms with van der Waals surface area (Å²) in [5.41, 5.74) is 0.218. The minimum absolute atomic E-state index is 0.185. The van der Waals surface area contributed by atoms with Crippen molar-refractivity contribution in [1.82, 2.24) is 14.8 Å². The van der Waals surface area contributed by atoms with Crippen LogP contribution < -0.4 is 0 Å². The van der Waals surface area contributed by atoms with E-state index in [2.05, 4.69) is 10.1 Å². The van der Waals surface area contributed by atoms with Crippen molar-refractivity contribution in [3.05, 3.63) is 23.2 Å². The van der Waals surface area contributed by atoms with Crippen molar-refractivity contribution in [2.24, 2.45) is 0 Å². The third-order valence-corrected chi connectivity index (χ3v) is 3.10. The maximum absolute atomic E-state index is 13.4. The van der Waals surface area contributed by atoms with Gasteiger partial charge in [-0.1, -0.05) is 11.6 Å². The van der Waals surface area contributed by atoms with Crippen LogP contribution in [0, 0.1) is 5.95 Å². The molecule has 0 saturated heterocycles. The summed E-state index contributed by atoms with van der Waals surface area (Å²) in [6, 6.07) is 2.37. The van der Waals surface area contributed by atoms with Gasteiger partial charge in [-0.25, -0.2) is 18.4 Å². The van der Waals surface area contributed by atoms with Gasteiger partial charge in [-0.15, -0.1) is 5.10 Å². The highest BCUT2D eigenvalue weighted by Gasteiger charge is 2.47. The zero-order chi connectivity index (χ0) is 12.2. The van der Waals surface area contributed by atoms with Crippen molar-refractivity contribution in [2.45, 2.75) is 24.8 Å². The van der Waals surface area contributed by atoms with Crippen LogP contribution in [0.3, 0.4) is 0 Å². The molecule has 1 aliphatic carbocycles. The Kier molecular flexibility index (Phi) is 2.13. The molecule has 0 bridgehead atoms. The number of fused-ring (bicyclic) bond motifs is 1. The summed E-state index contributed by atoms with van der Waals surface area (Å²) >= 11 is 5.70. The molecule has 0 aliphatic heterocycles. The lowest BCUT2D eigenvalue weighted by molar-refractivity contribution is -0.106. The van der Waals surface area contributed by atoms with Gasteiger partial charge in [0.25, 0.3) is 5.92 Å². The molecule has 2 aromatic heterocycles. The maximum Gasteiger partial charge on any atom is 0.252 e. The Hall–Kier alpha value is -1.30. The Balaban J connectivity index is 2.08. The van der Waals surface area contributed by atoms with E-state index in [-0.39, 0.29) is 29.0 Å². The Morgan fingerprint density at radius 2 is 2.06 bits per heavy atom. The van der Waals surface area contributed by atoms with E-state index in [0.29, 0.717) is 0 Å². The number of hydrogen-bond donors (Lipinski definition) is 0. The molecular weight excluding hydrogens is 255 g/mol. The summed E-state index contributed by atoms with van der Waals surface area (Å²) in [5.74, 6) is -3.39. The highest BCUT2D eigenvalue weighted by atomic mass is 35.5. The molecule has 0 spiro atoms. The number of aromatic nitrogens is 3. The minimum atomic E-state index is -2.68. The second kappa shape index (κ2) is 3.35.